The molecule has 84 valence electrons. The summed E-state index contributed by atoms with van der Waals surface area (Å²) >= 11 is 1.69. The Morgan fingerprint density at radius 3 is 2.93 bits per heavy atom. The van der Waals surface area contributed by atoms with Crippen molar-refractivity contribution in [1.82, 2.24) is 15.2 Å². The van der Waals surface area contributed by atoms with Crippen LogP contribution in [-0.4, -0.2) is 35.6 Å². The third-order valence-corrected chi connectivity index (χ3v) is 3.58. The summed E-state index contributed by atoms with van der Waals surface area (Å²) < 4.78 is 0. The van der Waals surface area contributed by atoms with Crippen molar-refractivity contribution in [3.05, 3.63) is 16.6 Å². The maximum Gasteiger partial charge on any atom is 0.0795 e. The van der Waals surface area contributed by atoms with Crippen molar-refractivity contribution >= 4 is 11.3 Å². The van der Waals surface area contributed by atoms with Crippen molar-refractivity contribution in [1.29, 1.82) is 0 Å². The van der Waals surface area contributed by atoms with Crippen LogP contribution in [0.15, 0.2) is 10.9 Å². The summed E-state index contributed by atoms with van der Waals surface area (Å²) in [7, 11) is 0. The molecule has 4 heteroatoms. The molecular formula is C11H19N3S. The van der Waals surface area contributed by atoms with Gasteiger partial charge in [0.1, 0.15) is 0 Å². The smallest absolute Gasteiger partial charge is 0.0795 e. The molecule has 15 heavy (non-hydrogen) atoms. The molecule has 0 aliphatic carbocycles. The van der Waals surface area contributed by atoms with E-state index < -0.39 is 0 Å². The Bertz CT molecular complexity index is 265. The Hall–Kier alpha value is -0.450. The lowest BCUT2D eigenvalue weighted by Gasteiger charge is -2.31. The fourth-order valence-electron chi connectivity index (χ4n) is 2.13. The van der Waals surface area contributed by atoms with Gasteiger partial charge in [-0.25, -0.2) is 4.98 Å². The summed E-state index contributed by atoms with van der Waals surface area (Å²) in [5.74, 6) is 0. The minimum Gasteiger partial charge on any atom is -0.314 e. The molecule has 0 bridgehead atoms. The van der Waals surface area contributed by atoms with Crippen LogP contribution >= 0.6 is 11.3 Å². The first-order valence-electron chi connectivity index (χ1n) is 5.71. The molecule has 0 aromatic carbocycles. The molecule has 3 nitrogen and oxygen atoms in total. The molecule has 1 aromatic heterocycles. The SMILES string of the molecule is CCNC1CCN(Cc2cscn2)CC1. The monoisotopic (exact) mass is 225 g/mol. The van der Waals surface area contributed by atoms with Gasteiger partial charge in [0.05, 0.1) is 11.2 Å². The molecule has 1 aromatic rings. The fourth-order valence-corrected chi connectivity index (χ4v) is 2.68. The number of likely N-dealkylation sites (tertiary alicyclic amines) is 1. The quantitative estimate of drug-likeness (QED) is 0.845. The molecule has 2 heterocycles. The van der Waals surface area contributed by atoms with E-state index in [1.165, 1.54) is 31.6 Å². The molecule has 1 fully saturated rings. The van der Waals surface area contributed by atoms with Crippen molar-refractivity contribution in [2.75, 3.05) is 19.6 Å². The van der Waals surface area contributed by atoms with E-state index in [4.69, 9.17) is 0 Å². The summed E-state index contributed by atoms with van der Waals surface area (Å²) in [6.07, 6.45) is 2.55. The number of aromatic nitrogens is 1. The standard InChI is InChI=1S/C11H19N3S/c1-2-12-10-3-5-14(6-4-10)7-11-8-15-9-13-11/h8-10,12H,2-7H2,1H3. The number of hydrogen-bond donors (Lipinski definition) is 1. The first-order chi connectivity index (χ1) is 7.38. The van der Waals surface area contributed by atoms with Crippen molar-refractivity contribution < 1.29 is 0 Å². The van der Waals surface area contributed by atoms with Gasteiger partial charge in [0.15, 0.2) is 0 Å². The van der Waals surface area contributed by atoms with Gasteiger partial charge < -0.3 is 5.32 Å². The Balaban J connectivity index is 1.74. The minimum absolute atomic E-state index is 0.738. The molecule has 0 radical (unpaired) electrons. The summed E-state index contributed by atoms with van der Waals surface area (Å²) in [4.78, 5) is 6.83. The van der Waals surface area contributed by atoms with E-state index in [1.54, 1.807) is 11.3 Å². The predicted molar refractivity (Wildman–Crippen MR) is 64.1 cm³/mol. The average molecular weight is 225 g/mol. The van der Waals surface area contributed by atoms with Gasteiger partial charge in [0, 0.05) is 31.1 Å². The molecule has 0 amide bonds. The molecule has 0 spiro atoms. The van der Waals surface area contributed by atoms with Gasteiger partial charge in [-0.05, 0) is 19.4 Å². The topological polar surface area (TPSA) is 28.2 Å². The highest BCUT2D eigenvalue weighted by Gasteiger charge is 2.18. The maximum absolute atomic E-state index is 4.33. The Morgan fingerprint density at radius 1 is 1.53 bits per heavy atom. The van der Waals surface area contributed by atoms with E-state index in [0.29, 0.717) is 0 Å². The molecule has 2 rings (SSSR count). The zero-order valence-electron chi connectivity index (χ0n) is 9.28. The van der Waals surface area contributed by atoms with Crippen LogP contribution in [0.3, 0.4) is 0 Å². The Labute approximate surface area is 95.5 Å². The molecular weight excluding hydrogens is 206 g/mol. The number of nitrogens with one attached hydrogen (secondary N) is 1. The van der Waals surface area contributed by atoms with Crippen LogP contribution in [0.4, 0.5) is 0 Å². The van der Waals surface area contributed by atoms with Crippen molar-refractivity contribution in [3.8, 4) is 0 Å². The van der Waals surface area contributed by atoms with Crippen molar-refractivity contribution in [2.24, 2.45) is 0 Å². The maximum atomic E-state index is 4.33. The van der Waals surface area contributed by atoms with E-state index in [1.807, 2.05) is 5.51 Å². The molecule has 1 aliphatic rings. The van der Waals surface area contributed by atoms with Crippen LogP contribution in [0.25, 0.3) is 0 Å². The normalized spacial score (nSPS) is 19.5. The van der Waals surface area contributed by atoms with Crippen LogP contribution in [0.1, 0.15) is 25.5 Å². The first kappa shape index (κ1) is 11.0. The van der Waals surface area contributed by atoms with Gasteiger partial charge in [0.2, 0.25) is 0 Å². The second-order valence-corrected chi connectivity index (χ2v) is 4.81. The lowest BCUT2D eigenvalue weighted by atomic mass is 10.1. The predicted octanol–water partition coefficient (Wildman–Crippen LogP) is 1.72. The zero-order valence-corrected chi connectivity index (χ0v) is 10.1. The van der Waals surface area contributed by atoms with E-state index in [0.717, 1.165) is 19.1 Å². The van der Waals surface area contributed by atoms with E-state index in [-0.39, 0.29) is 0 Å². The first-order valence-corrected chi connectivity index (χ1v) is 6.65. The van der Waals surface area contributed by atoms with Crippen LogP contribution in [0.2, 0.25) is 0 Å². The second kappa shape index (κ2) is 5.58. The summed E-state index contributed by atoms with van der Waals surface area (Å²) in [6, 6.07) is 0.738. The zero-order chi connectivity index (χ0) is 10.5. The molecule has 1 aliphatic heterocycles. The number of nitrogens with zero attached hydrogens (tertiary/aromatic N) is 2. The molecule has 1 saturated heterocycles. The van der Waals surface area contributed by atoms with Gasteiger partial charge in [0.25, 0.3) is 0 Å². The largest absolute Gasteiger partial charge is 0.314 e. The molecule has 0 atom stereocenters. The second-order valence-electron chi connectivity index (χ2n) is 4.09. The molecule has 0 unspecified atom stereocenters. The highest BCUT2D eigenvalue weighted by atomic mass is 32.1. The molecule has 0 saturated carbocycles. The van der Waals surface area contributed by atoms with Crippen LogP contribution < -0.4 is 5.32 Å². The Morgan fingerprint density at radius 2 is 2.33 bits per heavy atom. The van der Waals surface area contributed by atoms with E-state index in [2.05, 4.69) is 27.5 Å². The van der Waals surface area contributed by atoms with Gasteiger partial charge in [-0.15, -0.1) is 11.3 Å². The number of thiazole rings is 1. The summed E-state index contributed by atoms with van der Waals surface area (Å²) in [5.41, 5.74) is 3.14. The number of hydrogen-bond acceptors (Lipinski definition) is 4. The number of piperidine rings is 1. The highest BCUT2D eigenvalue weighted by Crippen LogP contribution is 2.13. The van der Waals surface area contributed by atoms with Gasteiger partial charge >= 0.3 is 0 Å². The lowest BCUT2D eigenvalue weighted by Crippen LogP contribution is -2.42. The minimum atomic E-state index is 0.738. The van der Waals surface area contributed by atoms with Gasteiger partial charge in [-0.2, -0.15) is 0 Å². The Kier molecular flexibility index (Phi) is 4.11. The van der Waals surface area contributed by atoms with Crippen molar-refractivity contribution in [2.45, 2.75) is 32.4 Å². The van der Waals surface area contributed by atoms with Gasteiger partial charge in [-0.3, -0.25) is 4.90 Å². The summed E-state index contributed by atoms with van der Waals surface area (Å²) in [6.45, 7) is 6.71. The van der Waals surface area contributed by atoms with Gasteiger partial charge in [-0.1, -0.05) is 6.92 Å². The van der Waals surface area contributed by atoms with Crippen LogP contribution in [0.5, 0.6) is 0 Å². The van der Waals surface area contributed by atoms with E-state index in [9.17, 15) is 0 Å². The number of rotatable bonds is 4. The van der Waals surface area contributed by atoms with E-state index >= 15 is 0 Å². The third kappa shape index (κ3) is 3.26. The van der Waals surface area contributed by atoms with Crippen LogP contribution in [-0.2, 0) is 6.54 Å². The average Bonchev–Trinajstić information content (AvgIpc) is 2.74. The highest BCUT2D eigenvalue weighted by molar-refractivity contribution is 7.07. The van der Waals surface area contributed by atoms with Crippen LogP contribution in [0, 0.1) is 0 Å². The lowest BCUT2D eigenvalue weighted by molar-refractivity contribution is 0.190. The van der Waals surface area contributed by atoms with Crippen molar-refractivity contribution in [3.63, 3.8) is 0 Å². The fraction of sp³-hybridized carbons (Fsp3) is 0.727. The third-order valence-electron chi connectivity index (χ3n) is 2.95. The molecule has 1 N–H and O–H groups in total. The summed E-state index contributed by atoms with van der Waals surface area (Å²) in [5, 5.41) is 5.67.